The van der Waals surface area contributed by atoms with Crippen molar-refractivity contribution in [1.82, 2.24) is 14.7 Å². The molecule has 0 bridgehead atoms. The largest absolute Gasteiger partial charge is 0.439 e. The Bertz CT molecular complexity index is 981. The first-order valence-electron chi connectivity index (χ1n) is 11.7. The lowest BCUT2D eigenvalue weighted by Gasteiger charge is -2.27. The van der Waals surface area contributed by atoms with Crippen LogP contribution < -0.4 is 4.74 Å². The van der Waals surface area contributed by atoms with Crippen LogP contribution >= 0.6 is 0 Å². The van der Waals surface area contributed by atoms with Crippen molar-refractivity contribution in [3.05, 3.63) is 71.9 Å². The second-order valence-corrected chi connectivity index (χ2v) is 9.34. The van der Waals surface area contributed by atoms with E-state index in [0.717, 1.165) is 35.7 Å². The Morgan fingerprint density at radius 3 is 2.27 bits per heavy atom. The molecule has 0 aliphatic carbocycles. The molecule has 3 aromatic rings. The standard InChI is InChI=1S/C27H37N3O3/c1-6-17-29(18-23(31)20-32-27(3,4)5)19-25-21(2)28-30(22-13-9-7-10-14-22)26(25)33-24-15-11-8-12-16-24/h7-16,23,31H,6,17-20H2,1-5H3. The summed E-state index contributed by atoms with van der Waals surface area (Å²) >= 11 is 0. The second-order valence-electron chi connectivity index (χ2n) is 9.34. The van der Waals surface area contributed by atoms with E-state index < -0.39 is 6.10 Å². The smallest absolute Gasteiger partial charge is 0.227 e. The molecule has 1 atom stereocenters. The number of aliphatic hydroxyl groups excluding tert-OH is 1. The molecule has 6 heteroatoms. The minimum atomic E-state index is -0.571. The molecular weight excluding hydrogens is 414 g/mol. The van der Waals surface area contributed by atoms with Crippen molar-refractivity contribution < 1.29 is 14.6 Å². The SMILES string of the molecule is CCCN(Cc1c(C)nn(-c2ccccc2)c1Oc1ccccc1)CC(O)COC(C)(C)C. The van der Waals surface area contributed by atoms with Gasteiger partial charge in [-0.15, -0.1) is 0 Å². The molecule has 0 saturated carbocycles. The Morgan fingerprint density at radius 2 is 1.67 bits per heavy atom. The van der Waals surface area contributed by atoms with Crippen LogP contribution in [0.3, 0.4) is 0 Å². The van der Waals surface area contributed by atoms with Gasteiger partial charge in [0.1, 0.15) is 5.75 Å². The van der Waals surface area contributed by atoms with Crippen molar-refractivity contribution >= 4 is 0 Å². The maximum Gasteiger partial charge on any atom is 0.227 e. The Hall–Kier alpha value is -2.67. The van der Waals surface area contributed by atoms with Gasteiger partial charge in [0.15, 0.2) is 0 Å². The summed E-state index contributed by atoms with van der Waals surface area (Å²) in [6, 6.07) is 19.8. The Kier molecular flexibility index (Phi) is 8.67. The van der Waals surface area contributed by atoms with Crippen LogP contribution in [-0.2, 0) is 11.3 Å². The number of hydrogen-bond donors (Lipinski definition) is 1. The van der Waals surface area contributed by atoms with Gasteiger partial charge in [0, 0.05) is 13.1 Å². The average molecular weight is 452 g/mol. The Balaban J connectivity index is 1.88. The molecule has 33 heavy (non-hydrogen) atoms. The lowest BCUT2D eigenvalue weighted by Crippen LogP contribution is -2.37. The number of aryl methyl sites for hydroxylation is 1. The lowest BCUT2D eigenvalue weighted by molar-refractivity contribution is -0.0567. The number of aliphatic hydroxyl groups is 1. The third kappa shape index (κ3) is 7.42. The molecule has 0 radical (unpaired) electrons. The zero-order chi connectivity index (χ0) is 23.8. The maximum absolute atomic E-state index is 10.6. The highest BCUT2D eigenvalue weighted by Crippen LogP contribution is 2.31. The van der Waals surface area contributed by atoms with E-state index in [1.165, 1.54) is 0 Å². The number of ether oxygens (including phenoxy) is 2. The number of nitrogens with zero attached hydrogens (tertiary/aromatic N) is 3. The Morgan fingerprint density at radius 1 is 1.03 bits per heavy atom. The summed E-state index contributed by atoms with van der Waals surface area (Å²) in [5, 5.41) is 15.4. The molecule has 0 amide bonds. The molecule has 0 saturated heterocycles. The minimum absolute atomic E-state index is 0.277. The molecule has 1 N–H and O–H groups in total. The molecule has 0 aliphatic rings. The van der Waals surface area contributed by atoms with Crippen LogP contribution in [0.5, 0.6) is 11.6 Å². The van der Waals surface area contributed by atoms with Crippen LogP contribution in [0.1, 0.15) is 45.4 Å². The highest BCUT2D eigenvalue weighted by atomic mass is 16.5. The number of benzene rings is 2. The summed E-state index contributed by atoms with van der Waals surface area (Å²) in [7, 11) is 0. The van der Waals surface area contributed by atoms with E-state index in [0.29, 0.717) is 25.6 Å². The van der Waals surface area contributed by atoms with Crippen LogP contribution in [0.25, 0.3) is 5.69 Å². The molecule has 3 rings (SSSR count). The molecule has 2 aromatic carbocycles. The third-order valence-corrected chi connectivity index (χ3v) is 5.19. The average Bonchev–Trinajstić information content (AvgIpc) is 3.08. The van der Waals surface area contributed by atoms with Gasteiger partial charge in [-0.2, -0.15) is 5.10 Å². The summed E-state index contributed by atoms with van der Waals surface area (Å²) < 4.78 is 14.0. The van der Waals surface area contributed by atoms with Gasteiger partial charge in [-0.3, -0.25) is 4.90 Å². The molecule has 0 fully saturated rings. The molecule has 1 unspecified atom stereocenters. The van der Waals surface area contributed by atoms with Crippen molar-refractivity contribution in [3.8, 4) is 17.3 Å². The quantitative estimate of drug-likeness (QED) is 0.425. The third-order valence-electron chi connectivity index (χ3n) is 5.19. The fourth-order valence-corrected chi connectivity index (χ4v) is 3.64. The number of rotatable bonds is 11. The van der Waals surface area contributed by atoms with E-state index in [9.17, 15) is 5.11 Å². The highest BCUT2D eigenvalue weighted by Gasteiger charge is 2.23. The lowest BCUT2D eigenvalue weighted by atomic mass is 10.2. The molecule has 6 nitrogen and oxygen atoms in total. The predicted octanol–water partition coefficient (Wildman–Crippen LogP) is 5.36. The molecule has 0 aliphatic heterocycles. The predicted molar refractivity (Wildman–Crippen MR) is 132 cm³/mol. The molecule has 1 heterocycles. The van der Waals surface area contributed by atoms with Gasteiger partial charge in [-0.05, 0) is 64.9 Å². The van der Waals surface area contributed by atoms with Crippen molar-refractivity contribution in [2.75, 3.05) is 19.7 Å². The van der Waals surface area contributed by atoms with Gasteiger partial charge >= 0.3 is 0 Å². The van der Waals surface area contributed by atoms with Gasteiger partial charge in [-0.25, -0.2) is 4.68 Å². The first-order valence-corrected chi connectivity index (χ1v) is 11.7. The Labute approximate surface area is 197 Å². The van der Waals surface area contributed by atoms with Crippen molar-refractivity contribution in [2.24, 2.45) is 0 Å². The molecule has 178 valence electrons. The van der Waals surface area contributed by atoms with Gasteiger partial charge in [0.05, 0.1) is 35.3 Å². The van der Waals surface area contributed by atoms with E-state index in [-0.39, 0.29) is 5.60 Å². The van der Waals surface area contributed by atoms with Gasteiger partial charge < -0.3 is 14.6 Å². The summed E-state index contributed by atoms with van der Waals surface area (Å²) in [4.78, 5) is 2.24. The van der Waals surface area contributed by atoms with Crippen LogP contribution in [0, 0.1) is 6.92 Å². The number of aromatic nitrogens is 2. The summed E-state index contributed by atoms with van der Waals surface area (Å²) in [5.74, 6) is 1.46. The normalized spacial score (nSPS) is 12.8. The molecule has 0 spiro atoms. The second kappa shape index (κ2) is 11.5. The maximum atomic E-state index is 10.6. The zero-order valence-corrected chi connectivity index (χ0v) is 20.5. The van der Waals surface area contributed by atoms with Gasteiger partial charge in [0.2, 0.25) is 5.88 Å². The topological polar surface area (TPSA) is 59.8 Å². The van der Waals surface area contributed by atoms with E-state index in [2.05, 4.69) is 11.8 Å². The summed E-state index contributed by atoms with van der Waals surface area (Å²) in [6.45, 7) is 12.5. The van der Waals surface area contributed by atoms with E-state index in [1.807, 2.05) is 93.0 Å². The minimum Gasteiger partial charge on any atom is -0.439 e. The van der Waals surface area contributed by atoms with Crippen LogP contribution in [0.2, 0.25) is 0 Å². The van der Waals surface area contributed by atoms with Crippen LogP contribution in [0.15, 0.2) is 60.7 Å². The monoisotopic (exact) mass is 451 g/mol. The summed E-state index contributed by atoms with van der Waals surface area (Å²) in [6.07, 6.45) is 0.409. The number of hydrogen-bond acceptors (Lipinski definition) is 5. The summed E-state index contributed by atoms with van der Waals surface area (Å²) in [5.41, 5.74) is 2.59. The van der Waals surface area contributed by atoms with E-state index >= 15 is 0 Å². The zero-order valence-electron chi connectivity index (χ0n) is 20.5. The van der Waals surface area contributed by atoms with Gasteiger partial charge in [0.25, 0.3) is 0 Å². The van der Waals surface area contributed by atoms with Crippen LogP contribution in [0.4, 0.5) is 0 Å². The van der Waals surface area contributed by atoms with E-state index in [1.54, 1.807) is 0 Å². The number of para-hydroxylation sites is 2. The van der Waals surface area contributed by atoms with Crippen molar-refractivity contribution in [1.29, 1.82) is 0 Å². The fourth-order valence-electron chi connectivity index (χ4n) is 3.64. The van der Waals surface area contributed by atoms with Crippen LogP contribution in [-0.4, -0.2) is 51.2 Å². The van der Waals surface area contributed by atoms with E-state index in [4.69, 9.17) is 14.6 Å². The van der Waals surface area contributed by atoms with Crippen molar-refractivity contribution in [3.63, 3.8) is 0 Å². The van der Waals surface area contributed by atoms with Gasteiger partial charge in [-0.1, -0.05) is 43.3 Å². The highest BCUT2D eigenvalue weighted by molar-refractivity contribution is 5.43. The first-order chi connectivity index (χ1) is 15.8. The first kappa shape index (κ1) is 25.0. The molecular formula is C27H37N3O3. The fraction of sp³-hybridized carbons (Fsp3) is 0.444. The molecule has 1 aromatic heterocycles. The van der Waals surface area contributed by atoms with Crippen molar-refractivity contribution in [2.45, 2.75) is 59.3 Å².